The lowest BCUT2D eigenvalue weighted by molar-refractivity contribution is -0.268. The van der Waals surface area contributed by atoms with Crippen molar-refractivity contribution in [3.63, 3.8) is 0 Å². The lowest BCUT2D eigenvalue weighted by Gasteiger charge is -2.31. The molecule has 0 unspecified atom stereocenters. The Kier molecular flexibility index (Phi) is 5.29. The van der Waals surface area contributed by atoms with Gasteiger partial charge < -0.3 is 10.4 Å². The van der Waals surface area contributed by atoms with Crippen molar-refractivity contribution in [1.82, 2.24) is 5.32 Å². The summed E-state index contributed by atoms with van der Waals surface area (Å²) in [6.07, 6.45) is -4.93. The average Bonchev–Trinajstić information content (AvgIpc) is 3.05. The molecule has 138 valence electrons. The monoisotopic (exact) mass is 381 g/mol. The molecule has 0 bridgehead atoms. The van der Waals surface area contributed by atoms with Crippen LogP contribution >= 0.6 is 11.8 Å². The van der Waals surface area contributed by atoms with E-state index < -0.39 is 18.2 Å². The molecule has 0 aromatic heterocycles. The Morgan fingerprint density at radius 2 is 1.77 bits per heavy atom. The molecule has 1 aliphatic rings. The first-order valence-corrected chi connectivity index (χ1v) is 9.06. The second kappa shape index (κ2) is 7.32. The normalized spacial score (nSPS) is 18.8. The number of thioether (sulfide) groups is 1. The summed E-state index contributed by atoms with van der Waals surface area (Å²) >= 11 is 1.41. The molecule has 7 heteroatoms. The Morgan fingerprint density at radius 3 is 2.42 bits per heavy atom. The van der Waals surface area contributed by atoms with E-state index >= 15 is 0 Å². The van der Waals surface area contributed by atoms with Gasteiger partial charge in [-0.1, -0.05) is 48.5 Å². The number of amides is 1. The predicted octanol–water partition coefficient (Wildman–Crippen LogP) is 3.66. The van der Waals surface area contributed by atoms with E-state index in [2.05, 4.69) is 5.32 Å². The molecule has 1 amide bonds. The van der Waals surface area contributed by atoms with Gasteiger partial charge in [-0.3, -0.25) is 4.79 Å². The SMILES string of the molecule is O=C(NCC[C@@](O)(c1ccccc1)C(F)(F)F)[C@@H]1Cc2ccccc2S1. The van der Waals surface area contributed by atoms with Gasteiger partial charge in [0.2, 0.25) is 5.91 Å². The van der Waals surface area contributed by atoms with Gasteiger partial charge in [-0.05, 0) is 23.6 Å². The Bertz CT molecular complexity index is 757. The van der Waals surface area contributed by atoms with Crippen molar-refractivity contribution in [1.29, 1.82) is 0 Å². The van der Waals surface area contributed by atoms with Gasteiger partial charge in [0.1, 0.15) is 0 Å². The Balaban J connectivity index is 1.62. The summed E-state index contributed by atoms with van der Waals surface area (Å²) in [7, 11) is 0. The van der Waals surface area contributed by atoms with Crippen LogP contribution in [-0.4, -0.2) is 29.0 Å². The first-order chi connectivity index (χ1) is 12.3. The Labute approximate surface area is 153 Å². The van der Waals surface area contributed by atoms with Gasteiger partial charge in [0.05, 0.1) is 5.25 Å². The maximum Gasteiger partial charge on any atom is 0.421 e. The number of alkyl halides is 3. The van der Waals surface area contributed by atoms with Gasteiger partial charge >= 0.3 is 6.18 Å². The third kappa shape index (κ3) is 3.73. The second-order valence-electron chi connectivity index (χ2n) is 6.18. The van der Waals surface area contributed by atoms with Crippen LogP contribution in [0, 0.1) is 0 Å². The molecule has 1 heterocycles. The van der Waals surface area contributed by atoms with Gasteiger partial charge in [0.25, 0.3) is 0 Å². The molecule has 2 N–H and O–H groups in total. The molecule has 26 heavy (non-hydrogen) atoms. The van der Waals surface area contributed by atoms with Crippen LogP contribution in [0.1, 0.15) is 17.5 Å². The number of carbonyl (C=O) groups excluding carboxylic acids is 1. The first kappa shape index (κ1) is 18.8. The molecule has 0 saturated heterocycles. The number of fused-ring (bicyclic) bond motifs is 1. The topological polar surface area (TPSA) is 49.3 Å². The van der Waals surface area contributed by atoms with Crippen LogP contribution in [0.25, 0.3) is 0 Å². The first-order valence-electron chi connectivity index (χ1n) is 8.18. The number of halogens is 3. The van der Waals surface area contributed by atoms with Crippen molar-refractivity contribution >= 4 is 17.7 Å². The van der Waals surface area contributed by atoms with Gasteiger partial charge in [0.15, 0.2) is 5.60 Å². The van der Waals surface area contributed by atoms with Crippen molar-refractivity contribution < 1.29 is 23.1 Å². The van der Waals surface area contributed by atoms with E-state index in [-0.39, 0.29) is 23.3 Å². The number of aliphatic hydroxyl groups is 1. The number of hydrogen-bond donors (Lipinski definition) is 2. The highest BCUT2D eigenvalue weighted by molar-refractivity contribution is 8.01. The lowest BCUT2D eigenvalue weighted by atomic mass is 9.89. The fourth-order valence-corrected chi connectivity index (χ4v) is 4.19. The summed E-state index contributed by atoms with van der Waals surface area (Å²) in [6.45, 7) is -0.267. The van der Waals surface area contributed by atoms with Crippen LogP contribution in [0.5, 0.6) is 0 Å². The third-order valence-electron chi connectivity index (χ3n) is 4.45. The van der Waals surface area contributed by atoms with Crippen LogP contribution in [0.15, 0.2) is 59.5 Å². The van der Waals surface area contributed by atoms with E-state index in [9.17, 15) is 23.1 Å². The molecule has 0 fully saturated rings. The number of benzene rings is 2. The van der Waals surface area contributed by atoms with Crippen molar-refractivity contribution in [2.24, 2.45) is 0 Å². The summed E-state index contributed by atoms with van der Waals surface area (Å²) in [4.78, 5) is 13.3. The number of nitrogens with one attached hydrogen (secondary N) is 1. The Morgan fingerprint density at radius 1 is 1.12 bits per heavy atom. The van der Waals surface area contributed by atoms with Crippen molar-refractivity contribution in [2.75, 3.05) is 6.54 Å². The highest BCUT2D eigenvalue weighted by Crippen LogP contribution is 2.41. The van der Waals surface area contributed by atoms with E-state index in [0.29, 0.717) is 6.42 Å². The third-order valence-corrected chi connectivity index (χ3v) is 5.76. The summed E-state index contributed by atoms with van der Waals surface area (Å²) in [5, 5.41) is 12.4. The second-order valence-corrected chi connectivity index (χ2v) is 7.43. The number of rotatable bonds is 5. The molecular weight excluding hydrogens is 363 g/mol. The van der Waals surface area contributed by atoms with Crippen LogP contribution in [0.2, 0.25) is 0 Å². The van der Waals surface area contributed by atoms with Crippen molar-refractivity contribution in [3.05, 3.63) is 65.7 Å². The summed E-state index contributed by atoms with van der Waals surface area (Å²) in [6, 6.07) is 14.6. The minimum absolute atomic E-state index is 0.232. The molecule has 1 aliphatic heterocycles. The van der Waals surface area contributed by atoms with Gasteiger partial charge in [-0.25, -0.2) is 0 Å². The van der Waals surface area contributed by atoms with Crippen molar-refractivity contribution in [3.8, 4) is 0 Å². The zero-order chi connectivity index (χ0) is 18.8. The molecule has 3 rings (SSSR count). The van der Waals surface area contributed by atoms with E-state index in [1.165, 1.54) is 36.0 Å². The highest BCUT2D eigenvalue weighted by Gasteiger charge is 2.54. The van der Waals surface area contributed by atoms with Crippen molar-refractivity contribution in [2.45, 2.75) is 34.8 Å². The Hall–Kier alpha value is -1.99. The molecule has 0 spiro atoms. The summed E-state index contributed by atoms with van der Waals surface area (Å²) < 4.78 is 40.3. The van der Waals surface area contributed by atoms with Crippen LogP contribution in [0.4, 0.5) is 13.2 Å². The fourth-order valence-electron chi connectivity index (χ4n) is 2.97. The largest absolute Gasteiger partial charge is 0.421 e. The van der Waals surface area contributed by atoms with Gasteiger partial charge in [-0.2, -0.15) is 13.2 Å². The fraction of sp³-hybridized carbons (Fsp3) is 0.316. The standard InChI is InChI=1S/C19H18F3NO2S/c20-19(21,22)18(25,14-7-2-1-3-8-14)10-11-23-17(24)16-12-13-6-4-5-9-15(13)26-16/h1-9,16,25H,10-12H2,(H,23,24)/t16-,18+/m0/s1. The van der Waals surface area contributed by atoms with Gasteiger partial charge in [0, 0.05) is 17.9 Å². The molecule has 2 aromatic carbocycles. The maximum atomic E-state index is 13.4. The van der Waals surface area contributed by atoms with Crippen LogP contribution < -0.4 is 5.32 Å². The number of carbonyl (C=O) groups is 1. The summed E-state index contributed by atoms with van der Waals surface area (Å²) in [5.41, 5.74) is -2.16. The van der Waals surface area contributed by atoms with E-state index in [1.54, 1.807) is 6.07 Å². The smallest absolute Gasteiger partial charge is 0.376 e. The average molecular weight is 381 g/mol. The molecular formula is C19H18F3NO2S. The van der Waals surface area contributed by atoms with Gasteiger partial charge in [-0.15, -0.1) is 11.8 Å². The zero-order valence-corrected chi connectivity index (χ0v) is 14.6. The van der Waals surface area contributed by atoms with E-state index in [1.807, 2.05) is 24.3 Å². The van der Waals surface area contributed by atoms with E-state index in [4.69, 9.17) is 0 Å². The predicted molar refractivity (Wildman–Crippen MR) is 93.8 cm³/mol. The molecule has 3 nitrogen and oxygen atoms in total. The molecule has 2 atom stereocenters. The maximum absolute atomic E-state index is 13.4. The minimum atomic E-state index is -4.84. The zero-order valence-electron chi connectivity index (χ0n) is 13.8. The number of hydrogen-bond acceptors (Lipinski definition) is 3. The highest BCUT2D eigenvalue weighted by atomic mass is 32.2. The van der Waals surface area contributed by atoms with Crippen LogP contribution in [-0.2, 0) is 16.8 Å². The summed E-state index contributed by atoms with van der Waals surface area (Å²) in [5.74, 6) is -0.316. The quantitative estimate of drug-likeness (QED) is 0.831. The molecule has 0 aliphatic carbocycles. The molecule has 0 saturated carbocycles. The molecule has 2 aromatic rings. The van der Waals surface area contributed by atoms with Crippen LogP contribution in [0.3, 0.4) is 0 Å². The minimum Gasteiger partial charge on any atom is -0.376 e. The lowest BCUT2D eigenvalue weighted by Crippen LogP contribution is -2.45. The molecule has 0 radical (unpaired) electrons. The van der Waals surface area contributed by atoms with E-state index in [0.717, 1.165) is 10.5 Å².